The van der Waals surface area contributed by atoms with Crippen molar-refractivity contribution in [3.05, 3.63) is 50.9 Å². The minimum absolute atomic E-state index is 0.0547. The molecule has 2 aliphatic heterocycles. The van der Waals surface area contributed by atoms with E-state index >= 15 is 0 Å². The quantitative estimate of drug-likeness (QED) is 0.780. The first-order chi connectivity index (χ1) is 13.1. The van der Waals surface area contributed by atoms with E-state index in [4.69, 9.17) is 11.6 Å². The van der Waals surface area contributed by atoms with Crippen LogP contribution in [0.3, 0.4) is 0 Å². The highest BCUT2D eigenvalue weighted by Crippen LogP contribution is 2.36. The van der Waals surface area contributed by atoms with Gasteiger partial charge in [0.05, 0.1) is 10.4 Å². The number of rotatable bonds is 3. The van der Waals surface area contributed by atoms with Crippen molar-refractivity contribution in [1.82, 2.24) is 15.1 Å². The Morgan fingerprint density at radius 2 is 2.04 bits per heavy atom. The largest absolute Gasteiger partial charge is 0.331 e. The Bertz CT molecular complexity index is 823. The molecule has 0 bridgehead atoms. The molecular weight excluding hydrogens is 405 g/mol. The molecule has 2 aliphatic rings. The van der Waals surface area contributed by atoms with Crippen molar-refractivity contribution in [3.8, 4) is 0 Å². The maximum Gasteiger partial charge on any atom is 0.317 e. The Kier molecular flexibility index (Phi) is 5.92. The summed E-state index contributed by atoms with van der Waals surface area (Å²) in [6.45, 7) is 3.95. The molecule has 2 aromatic rings. The summed E-state index contributed by atoms with van der Waals surface area (Å²) in [6.07, 6.45) is 0.825. The molecule has 1 aromatic heterocycles. The average Bonchev–Trinajstić information content (AvgIpc) is 3.07. The Hall–Kier alpha value is -1.28. The van der Waals surface area contributed by atoms with Crippen LogP contribution in [0.4, 0.5) is 9.18 Å². The number of nitrogens with zero attached hydrogens (tertiary/aromatic N) is 2. The van der Waals surface area contributed by atoms with Gasteiger partial charge in [-0.2, -0.15) is 0 Å². The molecule has 1 aromatic carbocycles. The van der Waals surface area contributed by atoms with Gasteiger partial charge in [-0.15, -0.1) is 23.1 Å². The first kappa shape index (κ1) is 19.1. The van der Waals surface area contributed by atoms with E-state index < -0.39 is 0 Å². The smallest absolute Gasteiger partial charge is 0.317 e. The zero-order chi connectivity index (χ0) is 18.8. The van der Waals surface area contributed by atoms with Gasteiger partial charge >= 0.3 is 6.03 Å². The lowest BCUT2D eigenvalue weighted by Gasteiger charge is -2.36. The molecule has 4 nitrogen and oxygen atoms in total. The lowest BCUT2D eigenvalue weighted by molar-refractivity contribution is 0.133. The highest BCUT2D eigenvalue weighted by molar-refractivity contribution is 7.99. The molecule has 0 radical (unpaired) electrons. The van der Waals surface area contributed by atoms with Gasteiger partial charge in [0.25, 0.3) is 0 Å². The normalized spacial score (nSPS) is 20.4. The van der Waals surface area contributed by atoms with Gasteiger partial charge in [-0.25, -0.2) is 9.18 Å². The number of piperazine rings is 1. The summed E-state index contributed by atoms with van der Waals surface area (Å²) < 4.78 is 14.4. The van der Waals surface area contributed by atoms with Gasteiger partial charge in [-0.1, -0.05) is 11.6 Å². The fourth-order valence-electron chi connectivity index (χ4n) is 3.52. The summed E-state index contributed by atoms with van der Waals surface area (Å²) in [5.41, 5.74) is 0.896. The first-order valence-electron chi connectivity index (χ1n) is 9.03. The van der Waals surface area contributed by atoms with Crippen LogP contribution >= 0.6 is 34.7 Å². The molecule has 1 unspecified atom stereocenters. The van der Waals surface area contributed by atoms with E-state index in [9.17, 15) is 9.18 Å². The van der Waals surface area contributed by atoms with Gasteiger partial charge in [0.1, 0.15) is 5.82 Å². The second-order valence-corrected chi connectivity index (χ2v) is 9.73. The molecule has 0 aliphatic carbocycles. The van der Waals surface area contributed by atoms with Crippen LogP contribution in [0.2, 0.25) is 4.34 Å². The monoisotopic (exact) mass is 425 g/mol. The molecule has 8 heteroatoms. The molecule has 3 heterocycles. The van der Waals surface area contributed by atoms with Crippen molar-refractivity contribution in [3.63, 3.8) is 0 Å². The molecule has 4 rings (SSSR count). The molecule has 2 amide bonds. The van der Waals surface area contributed by atoms with Gasteiger partial charge in [0.15, 0.2) is 0 Å². The van der Waals surface area contributed by atoms with E-state index in [0.717, 1.165) is 46.6 Å². The molecule has 1 fully saturated rings. The number of halogens is 2. The Balaban J connectivity index is 1.32. The maximum atomic E-state index is 13.6. The van der Waals surface area contributed by atoms with Gasteiger partial charge in [0.2, 0.25) is 0 Å². The number of carbonyl (C=O) groups excluding carboxylic acids is 1. The van der Waals surface area contributed by atoms with Crippen molar-refractivity contribution < 1.29 is 9.18 Å². The average molecular weight is 426 g/mol. The van der Waals surface area contributed by atoms with Crippen LogP contribution in [0.25, 0.3) is 0 Å². The summed E-state index contributed by atoms with van der Waals surface area (Å²) >= 11 is 9.32. The predicted molar refractivity (Wildman–Crippen MR) is 109 cm³/mol. The van der Waals surface area contributed by atoms with E-state index in [2.05, 4.69) is 16.3 Å². The van der Waals surface area contributed by atoms with Crippen LogP contribution in [0.5, 0.6) is 0 Å². The van der Waals surface area contributed by atoms with E-state index in [0.29, 0.717) is 13.1 Å². The van der Waals surface area contributed by atoms with E-state index in [1.165, 1.54) is 10.9 Å². The fraction of sp³-hybridized carbons (Fsp3) is 0.421. The minimum atomic E-state index is -0.252. The molecular formula is C19H21ClFN3OS2. The summed E-state index contributed by atoms with van der Waals surface area (Å²) in [5, 5.41) is 3.11. The number of thioether (sulfide) groups is 1. The second-order valence-electron chi connectivity index (χ2n) is 6.79. The third-order valence-corrected chi connectivity index (χ3v) is 7.32. The van der Waals surface area contributed by atoms with Crippen LogP contribution in [-0.4, -0.2) is 47.8 Å². The van der Waals surface area contributed by atoms with Gasteiger partial charge in [-0.3, -0.25) is 4.90 Å². The minimum Gasteiger partial charge on any atom is -0.331 e. The van der Waals surface area contributed by atoms with Crippen molar-refractivity contribution in [1.29, 1.82) is 0 Å². The topological polar surface area (TPSA) is 35.6 Å². The number of nitrogens with one attached hydrogen (secondary N) is 1. The Labute approximate surface area is 171 Å². The van der Waals surface area contributed by atoms with Gasteiger partial charge < -0.3 is 10.2 Å². The third-order valence-electron chi connectivity index (χ3n) is 4.98. The predicted octanol–water partition coefficient (Wildman–Crippen LogP) is 4.60. The number of hydrogen-bond donors (Lipinski definition) is 1. The number of hydrogen-bond acceptors (Lipinski definition) is 4. The van der Waals surface area contributed by atoms with E-state index in [-0.39, 0.29) is 17.9 Å². The van der Waals surface area contributed by atoms with E-state index in [1.807, 2.05) is 17.0 Å². The fourth-order valence-corrected chi connectivity index (χ4v) is 5.76. The molecule has 144 valence electrons. The van der Waals surface area contributed by atoms with Crippen LogP contribution in [0.15, 0.2) is 35.2 Å². The summed E-state index contributed by atoms with van der Waals surface area (Å²) in [5.74, 6) is 0.679. The first-order valence-corrected chi connectivity index (χ1v) is 11.2. The van der Waals surface area contributed by atoms with E-state index in [1.54, 1.807) is 29.2 Å². The van der Waals surface area contributed by atoms with Crippen molar-refractivity contribution in [2.45, 2.75) is 23.9 Å². The number of fused-ring (bicyclic) bond motifs is 1. The van der Waals surface area contributed by atoms with Crippen LogP contribution in [0, 0.1) is 5.82 Å². The summed E-state index contributed by atoms with van der Waals surface area (Å²) in [4.78, 5) is 19.2. The molecule has 1 atom stereocenters. The van der Waals surface area contributed by atoms with Gasteiger partial charge in [-0.05, 0) is 42.3 Å². The molecule has 1 N–H and O–H groups in total. The summed E-state index contributed by atoms with van der Waals surface area (Å²) in [7, 11) is 0. The SMILES string of the molecule is O=C(NC1CCSc2ccc(F)cc21)N1CCN(Cc2ccc(Cl)s2)CC1. The molecule has 0 spiro atoms. The standard InChI is InChI=1S/C19H21ClFN3OS2/c20-18-4-2-14(27-18)12-23-6-8-24(9-7-23)19(25)22-16-5-10-26-17-3-1-13(21)11-15(16)17/h1-4,11,16H,5-10,12H2,(H,22,25). The van der Waals surface area contributed by atoms with Crippen molar-refractivity contribution in [2.75, 3.05) is 31.9 Å². The van der Waals surface area contributed by atoms with Crippen LogP contribution in [0.1, 0.15) is 22.9 Å². The molecule has 1 saturated heterocycles. The molecule has 27 heavy (non-hydrogen) atoms. The highest BCUT2D eigenvalue weighted by Gasteiger charge is 2.27. The van der Waals surface area contributed by atoms with Crippen molar-refractivity contribution >= 4 is 40.7 Å². The number of urea groups is 1. The number of thiophene rings is 1. The Morgan fingerprint density at radius 3 is 2.78 bits per heavy atom. The van der Waals surface area contributed by atoms with Crippen LogP contribution in [-0.2, 0) is 6.54 Å². The number of amides is 2. The summed E-state index contributed by atoms with van der Waals surface area (Å²) in [6, 6.07) is 8.66. The lowest BCUT2D eigenvalue weighted by Crippen LogP contribution is -2.52. The van der Waals surface area contributed by atoms with Gasteiger partial charge in [0, 0.05) is 48.2 Å². The Morgan fingerprint density at radius 1 is 1.22 bits per heavy atom. The number of benzene rings is 1. The lowest BCUT2D eigenvalue weighted by atomic mass is 10.0. The third kappa shape index (κ3) is 4.59. The van der Waals surface area contributed by atoms with Crippen LogP contribution < -0.4 is 5.32 Å². The second kappa shape index (κ2) is 8.39. The number of carbonyl (C=O) groups is 1. The highest BCUT2D eigenvalue weighted by atomic mass is 35.5. The van der Waals surface area contributed by atoms with Crippen molar-refractivity contribution in [2.24, 2.45) is 0 Å². The molecule has 0 saturated carbocycles. The maximum absolute atomic E-state index is 13.6. The zero-order valence-electron chi connectivity index (χ0n) is 14.8. The zero-order valence-corrected chi connectivity index (χ0v) is 17.2.